The predicted octanol–water partition coefficient (Wildman–Crippen LogP) is 3.02. The molecule has 1 aromatic rings. The fraction of sp³-hybridized carbons (Fsp3) is 0.550. The van der Waals surface area contributed by atoms with Crippen LogP contribution in [0.1, 0.15) is 49.0 Å². The van der Waals surface area contributed by atoms with Crippen molar-refractivity contribution in [3.05, 3.63) is 35.4 Å². The molecule has 2 amide bonds. The topological polar surface area (TPSA) is 75.7 Å². The van der Waals surface area contributed by atoms with E-state index in [1.807, 2.05) is 6.92 Å². The third-order valence-corrected chi connectivity index (χ3v) is 4.79. The van der Waals surface area contributed by atoms with E-state index in [0.717, 1.165) is 30.7 Å². The first-order valence-corrected chi connectivity index (χ1v) is 9.58. The number of ether oxygens (including phenoxy) is 1. The largest absolute Gasteiger partial charge is 0.452 e. The lowest BCUT2D eigenvalue weighted by Gasteiger charge is -2.31. The number of esters is 1. The van der Waals surface area contributed by atoms with Crippen molar-refractivity contribution in [2.75, 3.05) is 19.6 Å². The molecular weight excluding hydrogens is 389 g/mol. The number of likely N-dealkylation sites (tertiary alicyclic amines) is 1. The number of carbonyl (C=O) groups is 3. The van der Waals surface area contributed by atoms with Gasteiger partial charge in [-0.1, -0.05) is 6.92 Å². The van der Waals surface area contributed by atoms with E-state index in [2.05, 4.69) is 5.32 Å². The van der Waals surface area contributed by atoms with Crippen LogP contribution in [-0.2, 0) is 20.5 Å². The van der Waals surface area contributed by atoms with E-state index in [9.17, 15) is 27.6 Å². The summed E-state index contributed by atoms with van der Waals surface area (Å²) in [4.78, 5) is 38.0. The van der Waals surface area contributed by atoms with Gasteiger partial charge in [-0.15, -0.1) is 0 Å². The molecule has 1 heterocycles. The first-order chi connectivity index (χ1) is 13.6. The standard InChI is InChI=1S/C20H25F3N2O4/c1-3-10-24-17(26)13(2)29-19(28)15-8-11-25(12-9-15)18(27)14-4-6-16(7-5-14)20(21,22)23/h4-7,13,15H,3,8-12H2,1-2H3,(H,24,26)/t13-/m1/s1. The van der Waals surface area contributed by atoms with Crippen molar-refractivity contribution >= 4 is 17.8 Å². The molecule has 1 N–H and O–H groups in total. The zero-order valence-electron chi connectivity index (χ0n) is 16.4. The Labute approximate surface area is 167 Å². The number of nitrogens with zero attached hydrogens (tertiary/aromatic N) is 1. The molecule has 0 unspecified atom stereocenters. The number of piperidine rings is 1. The minimum Gasteiger partial charge on any atom is -0.452 e. The summed E-state index contributed by atoms with van der Waals surface area (Å²) in [5, 5.41) is 2.65. The maximum atomic E-state index is 12.6. The summed E-state index contributed by atoms with van der Waals surface area (Å²) in [6.07, 6.45) is -3.83. The quantitative estimate of drug-likeness (QED) is 0.726. The van der Waals surface area contributed by atoms with Gasteiger partial charge in [0.05, 0.1) is 11.5 Å². The SMILES string of the molecule is CCCNC(=O)[C@@H](C)OC(=O)C1CCN(C(=O)c2ccc(C(F)(F)F)cc2)CC1. The van der Waals surface area contributed by atoms with Crippen LogP contribution in [0, 0.1) is 5.92 Å². The normalized spacial score (nSPS) is 16.2. The molecule has 0 aromatic heterocycles. The third-order valence-electron chi connectivity index (χ3n) is 4.79. The van der Waals surface area contributed by atoms with E-state index >= 15 is 0 Å². The molecule has 0 spiro atoms. The molecule has 0 radical (unpaired) electrons. The van der Waals surface area contributed by atoms with Gasteiger partial charge in [0, 0.05) is 25.2 Å². The number of halogens is 3. The van der Waals surface area contributed by atoms with E-state index in [4.69, 9.17) is 4.74 Å². The van der Waals surface area contributed by atoms with Crippen molar-refractivity contribution in [3.63, 3.8) is 0 Å². The maximum absolute atomic E-state index is 12.6. The Hall–Kier alpha value is -2.58. The van der Waals surface area contributed by atoms with Crippen molar-refractivity contribution in [3.8, 4) is 0 Å². The number of carbonyl (C=O) groups excluding carboxylic acids is 3. The van der Waals surface area contributed by atoms with Crippen molar-refractivity contribution in [1.82, 2.24) is 10.2 Å². The number of alkyl halides is 3. The van der Waals surface area contributed by atoms with Crippen LogP contribution in [0.25, 0.3) is 0 Å². The van der Waals surface area contributed by atoms with Gasteiger partial charge in [-0.25, -0.2) is 0 Å². The lowest BCUT2D eigenvalue weighted by atomic mass is 9.96. The lowest BCUT2D eigenvalue weighted by Crippen LogP contribution is -2.42. The molecule has 0 saturated carbocycles. The van der Waals surface area contributed by atoms with Crippen LogP contribution < -0.4 is 5.32 Å². The van der Waals surface area contributed by atoms with E-state index in [1.165, 1.54) is 11.8 Å². The highest BCUT2D eigenvalue weighted by Crippen LogP contribution is 2.29. The monoisotopic (exact) mass is 414 g/mol. The first-order valence-electron chi connectivity index (χ1n) is 9.58. The average Bonchev–Trinajstić information content (AvgIpc) is 2.70. The second-order valence-electron chi connectivity index (χ2n) is 7.01. The molecule has 1 atom stereocenters. The molecule has 29 heavy (non-hydrogen) atoms. The summed E-state index contributed by atoms with van der Waals surface area (Å²) < 4.78 is 43.1. The number of hydrogen-bond donors (Lipinski definition) is 1. The number of amides is 2. The van der Waals surface area contributed by atoms with Crippen LogP contribution in [0.4, 0.5) is 13.2 Å². The summed E-state index contributed by atoms with van der Waals surface area (Å²) >= 11 is 0. The Morgan fingerprint density at radius 1 is 1.17 bits per heavy atom. The Bertz CT molecular complexity index is 726. The fourth-order valence-electron chi connectivity index (χ4n) is 3.02. The zero-order chi connectivity index (χ0) is 21.6. The summed E-state index contributed by atoms with van der Waals surface area (Å²) in [5.41, 5.74) is -0.646. The second-order valence-corrected chi connectivity index (χ2v) is 7.01. The lowest BCUT2D eigenvalue weighted by molar-refractivity contribution is -0.160. The van der Waals surface area contributed by atoms with Gasteiger partial charge in [0.1, 0.15) is 0 Å². The second kappa shape index (κ2) is 9.76. The Kier molecular flexibility index (Phi) is 7.64. The van der Waals surface area contributed by atoms with Crippen LogP contribution in [0.5, 0.6) is 0 Å². The molecule has 6 nitrogen and oxygen atoms in total. The number of nitrogens with one attached hydrogen (secondary N) is 1. The van der Waals surface area contributed by atoms with Gasteiger partial charge in [0.15, 0.2) is 6.10 Å². The van der Waals surface area contributed by atoms with Gasteiger partial charge in [0.2, 0.25) is 0 Å². The molecule has 0 aliphatic carbocycles. The van der Waals surface area contributed by atoms with Gasteiger partial charge >= 0.3 is 12.1 Å². The minimum absolute atomic E-state index is 0.167. The average molecular weight is 414 g/mol. The molecule has 0 bridgehead atoms. The molecule has 160 valence electrons. The van der Waals surface area contributed by atoms with Crippen molar-refractivity contribution in [2.24, 2.45) is 5.92 Å². The molecule has 1 aliphatic rings. The predicted molar refractivity (Wildman–Crippen MR) is 98.9 cm³/mol. The van der Waals surface area contributed by atoms with E-state index in [0.29, 0.717) is 19.4 Å². The summed E-state index contributed by atoms with van der Waals surface area (Å²) in [7, 11) is 0. The van der Waals surface area contributed by atoms with Crippen LogP contribution in [0.15, 0.2) is 24.3 Å². The Morgan fingerprint density at radius 3 is 2.28 bits per heavy atom. The van der Waals surface area contributed by atoms with Gasteiger partial charge in [-0.2, -0.15) is 13.2 Å². The molecule has 1 aliphatic heterocycles. The van der Waals surface area contributed by atoms with Crippen molar-refractivity contribution < 1.29 is 32.3 Å². The van der Waals surface area contributed by atoms with Gasteiger partial charge < -0.3 is 15.0 Å². The Morgan fingerprint density at radius 2 is 1.76 bits per heavy atom. The Balaban J connectivity index is 1.85. The molecule has 2 rings (SSSR count). The van der Waals surface area contributed by atoms with Crippen LogP contribution in [-0.4, -0.2) is 48.4 Å². The first kappa shape index (κ1) is 22.7. The number of benzene rings is 1. The highest BCUT2D eigenvalue weighted by molar-refractivity contribution is 5.94. The van der Waals surface area contributed by atoms with Crippen LogP contribution in [0.2, 0.25) is 0 Å². The highest BCUT2D eigenvalue weighted by Gasteiger charge is 2.32. The van der Waals surface area contributed by atoms with E-state index < -0.39 is 29.7 Å². The smallest absolute Gasteiger partial charge is 0.416 e. The van der Waals surface area contributed by atoms with Gasteiger partial charge in [0.25, 0.3) is 11.8 Å². The fourth-order valence-corrected chi connectivity index (χ4v) is 3.02. The minimum atomic E-state index is -4.45. The third kappa shape index (κ3) is 6.20. The van der Waals surface area contributed by atoms with Crippen LogP contribution in [0.3, 0.4) is 0 Å². The molecule has 1 aromatic carbocycles. The molecule has 1 saturated heterocycles. The van der Waals surface area contributed by atoms with E-state index in [-0.39, 0.29) is 30.5 Å². The molecule has 1 fully saturated rings. The van der Waals surface area contributed by atoms with Crippen molar-refractivity contribution in [2.45, 2.75) is 45.4 Å². The summed E-state index contributed by atoms with van der Waals surface area (Å²) in [5.74, 6) is -1.63. The molecular formula is C20H25F3N2O4. The zero-order valence-corrected chi connectivity index (χ0v) is 16.4. The summed E-state index contributed by atoms with van der Waals surface area (Å²) in [6, 6.07) is 4.06. The number of rotatable bonds is 6. The highest BCUT2D eigenvalue weighted by atomic mass is 19.4. The molecule has 9 heteroatoms. The van der Waals surface area contributed by atoms with Gasteiger partial charge in [-0.05, 0) is 50.5 Å². The maximum Gasteiger partial charge on any atom is 0.416 e. The van der Waals surface area contributed by atoms with Gasteiger partial charge in [-0.3, -0.25) is 14.4 Å². The van der Waals surface area contributed by atoms with E-state index in [1.54, 1.807) is 0 Å². The van der Waals surface area contributed by atoms with Crippen LogP contribution >= 0.6 is 0 Å². The number of hydrogen-bond acceptors (Lipinski definition) is 4. The van der Waals surface area contributed by atoms with Crippen molar-refractivity contribution in [1.29, 1.82) is 0 Å². The summed E-state index contributed by atoms with van der Waals surface area (Å²) in [6.45, 7) is 4.50.